The molecule has 0 heterocycles. The fourth-order valence-electron chi connectivity index (χ4n) is 4.27. The van der Waals surface area contributed by atoms with E-state index in [0.717, 1.165) is 41.3 Å². The maximum Gasteiger partial charge on any atom is 0.303 e. The van der Waals surface area contributed by atoms with Gasteiger partial charge in [-0.2, -0.15) is 0 Å². The Hall–Kier alpha value is -4.00. The van der Waals surface area contributed by atoms with E-state index >= 15 is 0 Å². The monoisotopic (exact) mass is 535 g/mol. The van der Waals surface area contributed by atoms with Crippen LogP contribution in [-0.4, -0.2) is 17.0 Å². The summed E-state index contributed by atoms with van der Waals surface area (Å²) in [7, 11) is 0. The van der Waals surface area contributed by atoms with Gasteiger partial charge in [-0.05, 0) is 67.5 Å². The van der Waals surface area contributed by atoms with E-state index in [-0.39, 0.29) is 31.1 Å². The van der Waals surface area contributed by atoms with Gasteiger partial charge < -0.3 is 15.2 Å². The van der Waals surface area contributed by atoms with Crippen LogP contribution < -0.4 is 10.1 Å². The van der Waals surface area contributed by atoms with Crippen LogP contribution in [-0.2, 0) is 17.8 Å². The number of benzene rings is 3. The topological polar surface area (TPSA) is 75.6 Å². The molecule has 1 unspecified atom stereocenters. The first-order chi connectivity index (χ1) is 18.5. The van der Waals surface area contributed by atoms with Gasteiger partial charge in [-0.3, -0.25) is 9.59 Å². The van der Waals surface area contributed by atoms with Crippen molar-refractivity contribution in [3.05, 3.63) is 112 Å². The molecule has 0 aliphatic heterocycles. The normalized spacial score (nSPS) is 12.1. The summed E-state index contributed by atoms with van der Waals surface area (Å²) >= 11 is 0. The zero-order valence-corrected chi connectivity index (χ0v) is 22.8. The molecule has 1 amide bonds. The smallest absolute Gasteiger partial charge is 0.303 e. The van der Waals surface area contributed by atoms with E-state index in [0.29, 0.717) is 22.6 Å². The number of carbonyl (C=O) groups excluding carboxylic acids is 1. The van der Waals surface area contributed by atoms with Crippen LogP contribution in [0.15, 0.2) is 66.7 Å². The highest BCUT2D eigenvalue weighted by molar-refractivity contribution is 5.96. The molecular formula is C32H35F2NO4. The first-order valence-electron chi connectivity index (χ1n) is 13.0. The predicted molar refractivity (Wildman–Crippen MR) is 148 cm³/mol. The van der Waals surface area contributed by atoms with Crippen LogP contribution >= 0.6 is 0 Å². The second-order valence-electron chi connectivity index (χ2n) is 10.2. The number of amides is 1. The van der Waals surface area contributed by atoms with E-state index in [2.05, 4.69) is 31.3 Å². The minimum absolute atomic E-state index is 0.103. The van der Waals surface area contributed by atoms with Crippen LogP contribution in [0.1, 0.15) is 70.9 Å². The van der Waals surface area contributed by atoms with Crippen molar-refractivity contribution in [1.82, 2.24) is 5.32 Å². The molecular weight excluding hydrogens is 500 g/mol. The lowest BCUT2D eigenvalue weighted by Crippen LogP contribution is -2.28. The largest absolute Gasteiger partial charge is 0.486 e. The van der Waals surface area contributed by atoms with E-state index < -0.39 is 23.6 Å². The molecule has 0 aliphatic rings. The van der Waals surface area contributed by atoms with Crippen molar-refractivity contribution in [3.63, 3.8) is 0 Å². The van der Waals surface area contributed by atoms with E-state index in [1.165, 1.54) is 0 Å². The van der Waals surface area contributed by atoms with Crippen LogP contribution in [0.4, 0.5) is 8.78 Å². The number of hydrogen-bond donors (Lipinski definition) is 2. The number of carboxylic acids is 1. The molecule has 0 saturated carbocycles. The maximum atomic E-state index is 14.0. The second kappa shape index (κ2) is 13.7. The quantitative estimate of drug-likeness (QED) is 0.240. The van der Waals surface area contributed by atoms with E-state index in [4.69, 9.17) is 4.74 Å². The summed E-state index contributed by atoms with van der Waals surface area (Å²) in [6, 6.07) is 13.7. The van der Waals surface area contributed by atoms with Gasteiger partial charge in [0.2, 0.25) is 0 Å². The van der Waals surface area contributed by atoms with Crippen LogP contribution in [0.25, 0.3) is 0 Å². The van der Waals surface area contributed by atoms with E-state index in [1.807, 2.05) is 32.1 Å². The Morgan fingerprint density at radius 3 is 2.38 bits per heavy atom. The number of hydrogen-bond acceptors (Lipinski definition) is 3. The number of carboxylic acid groups (broad SMARTS) is 1. The molecule has 5 nitrogen and oxygen atoms in total. The van der Waals surface area contributed by atoms with Crippen molar-refractivity contribution < 1.29 is 28.2 Å². The number of allylic oxidation sites excluding steroid dienone is 1. The zero-order chi connectivity index (χ0) is 28.5. The molecule has 3 aromatic rings. The van der Waals surface area contributed by atoms with E-state index in [9.17, 15) is 23.5 Å². The third-order valence-corrected chi connectivity index (χ3v) is 6.14. The molecule has 0 aliphatic carbocycles. The highest BCUT2D eigenvalue weighted by Gasteiger charge is 2.19. The number of carbonyl (C=O) groups is 2. The molecule has 0 aromatic heterocycles. The number of ether oxygens (including phenoxy) is 1. The number of rotatable bonds is 12. The molecule has 7 heteroatoms. The number of aliphatic carboxylic acids is 1. The Morgan fingerprint density at radius 1 is 1.00 bits per heavy atom. The average molecular weight is 536 g/mol. The molecule has 0 bridgehead atoms. The summed E-state index contributed by atoms with van der Waals surface area (Å²) in [6.45, 7) is 8.14. The van der Waals surface area contributed by atoms with Crippen molar-refractivity contribution in [2.75, 3.05) is 0 Å². The summed E-state index contributed by atoms with van der Waals surface area (Å²) in [6.07, 6.45) is 4.90. The summed E-state index contributed by atoms with van der Waals surface area (Å²) in [5.74, 6) is -2.44. The SMILES string of the molecule is Cc1cc(C)cc(C(/C=C/CC(C)C)NC(=O)c2cc(COc3cc(F)ccc3F)ccc2CCC(=O)O)c1. The van der Waals surface area contributed by atoms with Gasteiger partial charge in [-0.25, -0.2) is 8.78 Å². The third-order valence-electron chi connectivity index (χ3n) is 6.14. The Bertz CT molecular complexity index is 1330. The highest BCUT2D eigenvalue weighted by Crippen LogP contribution is 2.23. The first kappa shape index (κ1) is 29.6. The molecule has 39 heavy (non-hydrogen) atoms. The van der Waals surface area contributed by atoms with Gasteiger partial charge in [0.1, 0.15) is 12.4 Å². The number of halogens is 2. The summed E-state index contributed by atoms with van der Waals surface area (Å²) in [4.78, 5) is 24.9. The second-order valence-corrected chi connectivity index (χ2v) is 10.2. The Kier molecular flexibility index (Phi) is 10.4. The first-order valence-corrected chi connectivity index (χ1v) is 13.0. The molecule has 3 rings (SSSR count). The molecule has 1 atom stereocenters. The van der Waals surface area contributed by atoms with Crippen LogP contribution in [0, 0.1) is 31.4 Å². The lowest BCUT2D eigenvalue weighted by molar-refractivity contribution is -0.136. The number of aryl methyl sites for hydroxylation is 3. The Balaban J connectivity index is 1.92. The highest BCUT2D eigenvalue weighted by atomic mass is 19.1. The van der Waals surface area contributed by atoms with Gasteiger partial charge in [-0.1, -0.05) is 67.5 Å². The lowest BCUT2D eigenvalue weighted by Gasteiger charge is -2.19. The summed E-state index contributed by atoms with van der Waals surface area (Å²) < 4.78 is 33.0. The van der Waals surface area contributed by atoms with Crippen molar-refractivity contribution in [1.29, 1.82) is 0 Å². The minimum Gasteiger partial charge on any atom is -0.486 e. The van der Waals surface area contributed by atoms with Crippen molar-refractivity contribution in [2.45, 2.75) is 59.6 Å². The van der Waals surface area contributed by atoms with Crippen molar-refractivity contribution >= 4 is 11.9 Å². The lowest BCUT2D eigenvalue weighted by atomic mass is 9.97. The molecule has 0 spiro atoms. The van der Waals surface area contributed by atoms with Crippen molar-refractivity contribution in [3.8, 4) is 5.75 Å². The van der Waals surface area contributed by atoms with Crippen LogP contribution in [0.2, 0.25) is 0 Å². The molecule has 2 N–H and O–H groups in total. The van der Waals surface area contributed by atoms with Crippen molar-refractivity contribution in [2.24, 2.45) is 5.92 Å². The molecule has 206 valence electrons. The van der Waals surface area contributed by atoms with Gasteiger partial charge in [0, 0.05) is 18.1 Å². The van der Waals surface area contributed by atoms with Gasteiger partial charge in [-0.15, -0.1) is 0 Å². The summed E-state index contributed by atoms with van der Waals surface area (Å²) in [5, 5.41) is 12.3. The predicted octanol–water partition coefficient (Wildman–Crippen LogP) is 7.25. The molecule has 0 saturated heterocycles. The Morgan fingerprint density at radius 2 is 1.72 bits per heavy atom. The summed E-state index contributed by atoms with van der Waals surface area (Å²) in [5.41, 5.74) is 4.53. The molecule has 0 radical (unpaired) electrons. The average Bonchev–Trinajstić information content (AvgIpc) is 2.86. The maximum absolute atomic E-state index is 14.0. The fourth-order valence-corrected chi connectivity index (χ4v) is 4.27. The van der Waals surface area contributed by atoms with E-state index in [1.54, 1.807) is 18.2 Å². The van der Waals surface area contributed by atoms with Gasteiger partial charge in [0.15, 0.2) is 11.6 Å². The molecule has 0 fully saturated rings. The van der Waals surface area contributed by atoms with Gasteiger partial charge in [0.05, 0.1) is 6.04 Å². The standard InChI is InChI=1S/C32H35F2NO4/c1-20(2)6-5-7-29(25-15-21(3)14-22(4)16-25)35-32(38)27-17-23(8-9-24(27)10-13-31(36)37)19-39-30-18-26(33)11-12-28(30)34/h5,7-9,11-12,14-18,20,29H,6,10,13,19H2,1-4H3,(H,35,38)(H,36,37)/b7-5+. The van der Waals surface area contributed by atoms with Crippen LogP contribution in [0.5, 0.6) is 5.75 Å². The zero-order valence-electron chi connectivity index (χ0n) is 22.8. The van der Waals surface area contributed by atoms with Crippen LogP contribution in [0.3, 0.4) is 0 Å². The number of nitrogens with one attached hydrogen (secondary N) is 1. The Labute approximate surface area is 228 Å². The molecule has 3 aromatic carbocycles. The van der Waals surface area contributed by atoms with Gasteiger partial charge in [0.25, 0.3) is 5.91 Å². The third kappa shape index (κ3) is 9.06. The van der Waals surface area contributed by atoms with Gasteiger partial charge >= 0.3 is 5.97 Å². The fraction of sp³-hybridized carbons (Fsp3) is 0.312. The minimum atomic E-state index is -0.972.